The third-order valence-electron chi connectivity index (χ3n) is 3.07. The molecule has 0 saturated heterocycles. The Morgan fingerprint density at radius 1 is 1.10 bits per heavy atom. The van der Waals surface area contributed by atoms with Crippen molar-refractivity contribution >= 4 is 37.9 Å². The standard InChI is InChI=1S/C14H11NO5S/c16-14(17)8-15-21(18,19)9-5-6-13-11(7-9)10-3-1-2-4-12(10)20-13/h1-7,15H,8H2,(H,16,17). The summed E-state index contributed by atoms with van der Waals surface area (Å²) in [7, 11) is -3.87. The van der Waals surface area contributed by atoms with Crippen LogP contribution < -0.4 is 4.72 Å². The molecule has 6 nitrogen and oxygen atoms in total. The van der Waals surface area contributed by atoms with E-state index in [0.29, 0.717) is 16.6 Å². The van der Waals surface area contributed by atoms with Crippen LogP contribution in [0.4, 0.5) is 0 Å². The van der Waals surface area contributed by atoms with Crippen LogP contribution >= 0.6 is 0 Å². The molecule has 0 atom stereocenters. The number of aliphatic carboxylic acids is 1. The molecule has 0 fully saturated rings. The molecular formula is C14H11NO5S. The van der Waals surface area contributed by atoms with Gasteiger partial charge in [0.1, 0.15) is 17.7 Å². The first kappa shape index (κ1) is 13.6. The molecule has 3 aromatic rings. The highest BCUT2D eigenvalue weighted by atomic mass is 32.2. The van der Waals surface area contributed by atoms with Crippen molar-refractivity contribution in [1.29, 1.82) is 0 Å². The smallest absolute Gasteiger partial charge is 0.318 e. The molecule has 0 aliphatic carbocycles. The van der Waals surface area contributed by atoms with Gasteiger partial charge in [0.05, 0.1) is 4.90 Å². The summed E-state index contributed by atoms with van der Waals surface area (Å²) in [6.45, 7) is -0.660. The minimum absolute atomic E-state index is 0.00260. The summed E-state index contributed by atoms with van der Waals surface area (Å²) in [5, 5.41) is 10.0. The fourth-order valence-electron chi connectivity index (χ4n) is 2.11. The maximum Gasteiger partial charge on any atom is 0.318 e. The molecule has 0 radical (unpaired) electrons. The first-order valence-corrected chi connectivity index (χ1v) is 7.58. The number of furan rings is 1. The van der Waals surface area contributed by atoms with Gasteiger partial charge in [-0.2, -0.15) is 4.72 Å². The van der Waals surface area contributed by atoms with Crippen molar-refractivity contribution in [3.63, 3.8) is 0 Å². The molecule has 0 aliphatic heterocycles. The van der Waals surface area contributed by atoms with Gasteiger partial charge >= 0.3 is 5.97 Å². The van der Waals surface area contributed by atoms with Crippen molar-refractivity contribution in [1.82, 2.24) is 4.72 Å². The number of nitrogens with one attached hydrogen (secondary N) is 1. The second-order valence-electron chi connectivity index (χ2n) is 4.47. The van der Waals surface area contributed by atoms with Crippen molar-refractivity contribution in [3.05, 3.63) is 42.5 Å². The predicted octanol–water partition coefficient (Wildman–Crippen LogP) is 1.95. The molecule has 7 heteroatoms. The van der Waals surface area contributed by atoms with Crippen LogP contribution in [0, 0.1) is 0 Å². The lowest BCUT2D eigenvalue weighted by Crippen LogP contribution is -2.29. The number of hydrogen-bond acceptors (Lipinski definition) is 4. The second kappa shape index (κ2) is 4.87. The second-order valence-corrected chi connectivity index (χ2v) is 6.24. The van der Waals surface area contributed by atoms with Gasteiger partial charge in [0.2, 0.25) is 10.0 Å². The summed E-state index contributed by atoms with van der Waals surface area (Å²) in [5.41, 5.74) is 1.24. The maximum atomic E-state index is 12.0. The number of sulfonamides is 1. The number of rotatable bonds is 4. The van der Waals surface area contributed by atoms with E-state index in [0.717, 1.165) is 5.39 Å². The predicted molar refractivity (Wildman–Crippen MR) is 76.5 cm³/mol. The van der Waals surface area contributed by atoms with Gasteiger partial charge in [-0.25, -0.2) is 8.42 Å². The average Bonchev–Trinajstić information content (AvgIpc) is 2.83. The van der Waals surface area contributed by atoms with Crippen LogP contribution in [0.5, 0.6) is 0 Å². The third-order valence-corrected chi connectivity index (χ3v) is 4.47. The molecule has 108 valence electrons. The molecule has 1 heterocycles. The molecule has 3 rings (SSSR count). The quantitative estimate of drug-likeness (QED) is 0.768. The van der Waals surface area contributed by atoms with Crippen LogP contribution in [0.2, 0.25) is 0 Å². The number of carboxylic acid groups (broad SMARTS) is 1. The Labute approximate surface area is 120 Å². The van der Waals surface area contributed by atoms with Crippen LogP contribution in [0.15, 0.2) is 51.8 Å². The largest absolute Gasteiger partial charge is 0.480 e. The van der Waals surface area contributed by atoms with Crippen LogP contribution in [0.3, 0.4) is 0 Å². The van der Waals surface area contributed by atoms with Gasteiger partial charge in [0, 0.05) is 10.8 Å². The van der Waals surface area contributed by atoms with Crippen LogP contribution in [0.1, 0.15) is 0 Å². The molecular weight excluding hydrogens is 294 g/mol. The molecule has 0 aliphatic rings. The SMILES string of the molecule is O=C(O)CNS(=O)(=O)c1ccc2oc3ccccc3c2c1. The maximum absolute atomic E-state index is 12.0. The molecule has 2 N–H and O–H groups in total. The number of benzene rings is 2. The normalized spacial score (nSPS) is 12.0. The summed E-state index contributed by atoms with van der Waals surface area (Å²) in [6.07, 6.45) is 0. The van der Waals surface area contributed by atoms with E-state index in [1.54, 1.807) is 12.1 Å². The van der Waals surface area contributed by atoms with Crippen molar-refractivity contribution < 1.29 is 22.7 Å². The lowest BCUT2D eigenvalue weighted by molar-refractivity contribution is -0.135. The van der Waals surface area contributed by atoms with Crippen LogP contribution in [-0.2, 0) is 14.8 Å². The van der Waals surface area contributed by atoms with E-state index in [1.165, 1.54) is 12.1 Å². The molecule has 0 saturated carbocycles. The number of carbonyl (C=O) groups is 1. The molecule has 0 spiro atoms. The zero-order valence-corrected chi connectivity index (χ0v) is 11.6. The Hall–Kier alpha value is -2.38. The van der Waals surface area contributed by atoms with Crippen LogP contribution in [-0.4, -0.2) is 26.0 Å². The highest BCUT2D eigenvalue weighted by Crippen LogP contribution is 2.30. The monoisotopic (exact) mass is 305 g/mol. The fraction of sp³-hybridized carbons (Fsp3) is 0.0714. The number of para-hydroxylation sites is 1. The van der Waals surface area contributed by atoms with E-state index >= 15 is 0 Å². The van der Waals surface area contributed by atoms with Gasteiger partial charge < -0.3 is 9.52 Å². The van der Waals surface area contributed by atoms with Crippen LogP contribution in [0.25, 0.3) is 21.9 Å². The van der Waals surface area contributed by atoms with Crippen molar-refractivity contribution in [2.45, 2.75) is 4.90 Å². The third kappa shape index (κ3) is 2.48. The topological polar surface area (TPSA) is 96.6 Å². The Bertz CT molecular complexity index is 942. The molecule has 1 aromatic heterocycles. The first-order valence-electron chi connectivity index (χ1n) is 6.10. The number of fused-ring (bicyclic) bond motifs is 3. The molecule has 0 unspecified atom stereocenters. The van der Waals surface area contributed by atoms with E-state index in [4.69, 9.17) is 9.52 Å². The molecule has 21 heavy (non-hydrogen) atoms. The Balaban J connectivity index is 2.12. The Morgan fingerprint density at radius 2 is 1.81 bits per heavy atom. The van der Waals surface area contributed by atoms with Crippen molar-refractivity contribution in [2.24, 2.45) is 0 Å². The minimum Gasteiger partial charge on any atom is -0.480 e. The van der Waals surface area contributed by atoms with E-state index < -0.39 is 22.5 Å². The van der Waals surface area contributed by atoms with Gasteiger partial charge in [-0.1, -0.05) is 18.2 Å². The summed E-state index contributed by atoms with van der Waals surface area (Å²) in [5.74, 6) is -1.24. The van der Waals surface area contributed by atoms with Gasteiger partial charge in [-0.15, -0.1) is 0 Å². The summed E-state index contributed by atoms with van der Waals surface area (Å²) >= 11 is 0. The number of hydrogen-bond donors (Lipinski definition) is 2. The van der Waals surface area contributed by atoms with Crippen molar-refractivity contribution in [2.75, 3.05) is 6.54 Å². The Kier molecular flexibility index (Phi) is 3.15. The van der Waals surface area contributed by atoms with Crippen molar-refractivity contribution in [3.8, 4) is 0 Å². The van der Waals surface area contributed by atoms with E-state index in [2.05, 4.69) is 0 Å². The van der Waals surface area contributed by atoms with Gasteiger partial charge in [-0.05, 0) is 24.3 Å². The lowest BCUT2D eigenvalue weighted by atomic mass is 10.1. The number of carboxylic acids is 1. The Morgan fingerprint density at radius 3 is 2.57 bits per heavy atom. The summed E-state index contributed by atoms with van der Waals surface area (Å²) in [4.78, 5) is 10.5. The highest BCUT2D eigenvalue weighted by molar-refractivity contribution is 7.89. The molecule has 0 amide bonds. The molecule has 2 aromatic carbocycles. The molecule has 0 bridgehead atoms. The van der Waals surface area contributed by atoms with Gasteiger partial charge in [0.25, 0.3) is 0 Å². The highest BCUT2D eigenvalue weighted by Gasteiger charge is 2.17. The van der Waals surface area contributed by atoms with Gasteiger partial charge in [-0.3, -0.25) is 4.79 Å². The zero-order chi connectivity index (χ0) is 15.0. The van der Waals surface area contributed by atoms with E-state index in [-0.39, 0.29) is 4.90 Å². The van der Waals surface area contributed by atoms with Gasteiger partial charge in [0.15, 0.2) is 0 Å². The van der Waals surface area contributed by atoms with E-state index in [1.807, 2.05) is 22.9 Å². The minimum atomic E-state index is -3.87. The first-order chi connectivity index (χ1) is 9.97. The average molecular weight is 305 g/mol. The summed E-state index contributed by atoms with van der Waals surface area (Å²) < 4.78 is 31.7. The lowest BCUT2D eigenvalue weighted by Gasteiger charge is -2.04. The summed E-state index contributed by atoms with van der Waals surface area (Å²) in [6, 6.07) is 11.7. The zero-order valence-electron chi connectivity index (χ0n) is 10.7. The van der Waals surface area contributed by atoms with E-state index in [9.17, 15) is 13.2 Å². The fourth-order valence-corrected chi connectivity index (χ4v) is 3.11.